The molecular weight excluding hydrogens is 298 g/mol. The fourth-order valence-electron chi connectivity index (χ4n) is 2.76. The first-order valence-electron chi connectivity index (χ1n) is 7.86. The molecule has 2 heterocycles. The molecule has 2 rings (SSSR count). The van der Waals surface area contributed by atoms with Gasteiger partial charge in [-0.05, 0) is 45.5 Å². The largest absolute Gasteiger partial charge is 0.383 e. The first kappa shape index (κ1) is 17.2. The lowest BCUT2D eigenvalue weighted by Crippen LogP contribution is -2.51. The van der Waals surface area contributed by atoms with Crippen LogP contribution in [0.1, 0.15) is 22.6 Å². The molecular formula is C16H27N3O2S. The van der Waals surface area contributed by atoms with Crippen LogP contribution in [0, 0.1) is 6.92 Å². The number of likely N-dealkylation sites (tertiary alicyclic amines) is 1. The summed E-state index contributed by atoms with van der Waals surface area (Å²) in [5, 5.41) is 3.18. The minimum absolute atomic E-state index is 0.0170. The highest BCUT2D eigenvalue weighted by atomic mass is 32.1. The van der Waals surface area contributed by atoms with Crippen molar-refractivity contribution in [2.45, 2.75) is 32.4 Å². The van der Waals surface area contributed by atoms with Crippen LogP contribution in [0.15, 0.2) is 12.1 Å². The second kappa shape index (κ2) is 8.50. The summed E-state index contributed by atoms with van der Waals surface area (Å²) in [6.07, 6.45) is 2.20. The number of hydrogen-bond donors (Lipinski definition) is 1. The van der Waals surface area contributed by atoms with Crippen molar-refractivity contribution in [3.05, 3.63) is 21.9 Å². The van der Waals surface area contributed by atoms with E-state index in [0.717, 1.165) is 25.9 Å². The number of carbonyl (C=O) groups is 1. The molecule has 1 atom stereocenters. The molecule has 0 saturated carbocycles. The van der Waals surface area contributed by atoms with E-state index in [4.69, 9.17) is 4.74 Å². The summed E-state index contributed by atoms with van der Waals surface area (Å²) in [5.41, 5.74) is 0. The lowest BCUT2D eigenvalue weighted by atomic mass is 10.1. The van der Waals surface area contributed by atoms with Crippen LogP contribution in [0.5, 0.6) is 0 Å². The summed E-state index contributed by atoms with van der Waals surface area (Å²) < 4.78 is 5.15. The molecule has 5 nitrogen and oxygen atoms in total. The van der Waals surface area contributed by atoms with Crippen LogP contribution in [-0.4, -0.2) is 62.3 Å². The molecule has 1 aromatic heterocycles. The number of thiophene rings is 1. The molecule has 1 aromatic rings. The predicted octanol–water partition coefficient (Wildman–Crippen LogP) is 2.31. The first-order valence-corrected chi connectivity index (χ1v) is 8.68. The minimum Gasteiger partial charge on any atom is -0.383 e. The summed E-state index contributed by atoms with van der Waals surface area (Å²) in [6.45, 7) is 5.96. The van der Waals surface area contributed by atoms with Gasteiger partial charge in [0.2, 0.25) is 0 Å². The molecule has 0 aromatic carbocycles. The number of aryl methyl sites for hydroxylation is 1. The lowest BCUT2D eigenvalue weighted by molar-refractivity contribution is 0.140. The zero-order valence-corrected chi connectivity index (χ0v) is 14.6. The highest BCUT2D eigenvalue weighted by molar-refractivity contribution is 7.11. The van der Waals surface area contributed by atoms with Gasteiger partial charge in [0.15, 0.2) is 0 Å². The first-order chi connectivity index (χ1) is 10.6. The maximum absolute atomic E-state index is 12.6. The monoisotopic (exact) mass is 325 g/mol. The zero-order chi connectivity index (χ0) is 15.9. The number of urea groups is 1. The predicted molar refractivity (Wildman–Crippen MR) is 90.4 cm³/mol. The molecule has 1 fully saturated rings. The van der Waals surface area contributed by atoms with Crippen molar-refractivity contribution in [1.29, 1.82) is 0 Å². The molecule has 0 radical (unpaired) electrons. The molecule has 2 amide bonds. The number of rotatable bonds is 6. The quantitative estimate of drug-likeness (QED) is 0.873. The van der Waals surface area contributed by atoms with Gasteiger partial charge in [0.25, 0.3) is 0 Å². The minimum atomic E-state index is 0.0170. The number of ether oxygens (including phenoxy) is 1. The Kier molecular flexibility index (Phi) is 6.67. The Morgan fingerprint density at radius 2 is 2.36 bits per heavy atom. The third-order valence-corrected chi connectivity index (χ3v) is 4.93. The maximum atomic E-state index is 12.6. The van der Waals surface area contributed by atoms with Gasteiger partial charge in [-0.1, -0.05) is 0 Å². The van der Waals surface area contributed by atoms with E-state index in [2.05, 4.69) is 36.3 Å². The molecule has 0 aliphatic carbocycles. The van der Waals surface area contributed by atoms with Crippen molar-refractivity contribution in [3.8, 4) is 0 Å². The van der Waals surface area contributed by atoms with Gasteiger partial charge in [-0.3, -0.25) is 0 Å². The van der Waals surface area contributed by atoms with Crippen molar-refractivity contribution in [1.82, 2.24) is 15.1 Å². The Hall–Kier alpha value is -1.11. The van der Waals surface area contributed by atoms with Crippen LogP contribution in [0.3, 0.4) is 0 Å². The van der Waals surface area contributed by atoms with Gasteiger partial charge in [0.05, 0.1) is 13.2 Å². The molecule has 1 N–H and O–H groups in total. The van der Waals surface area contributed by atoms with Gasteiger partial charge < -0.3 is 19.9 Å². The number of likely N-dealkylation sites (N-methyl/N-ethyl adjacent to an activating group) is 1. The summed E-state index contributed by atoms with van der Waals surface area (Å²) in [4.78, 5) is 19.2. The van der Waals surface area contributed by atoms with E-state index in [1.54, 1.807) is 18.4 Å². The van der Waals surface area contributed by atoms with E-state index < -0.39 is 0 Å². The van der Waals surface area contributed by atoms with E-state index >= 15 is 0 Å². The number of nitrogens with one attached hydrogen (secondary N) is 1. The zero-order valence-electron chi connectivity index (χ0n) is 13.8. The lowest BCUT2D eigenvalue weighted by Gasteiger charge is -2.32. The smallest absolute Gasteiger partial charge is 0.318 e. The maximum Gasteiger partial charge on any atom is 0.318 e. The molecule has 0 bridgehead atoms. The molecule has 1 saturated heterocycles. The van der Waals surface area contributed by atoms with E-state index in [1.165, 1.54) is 9.75 Å². The van der Waals surface area contributed by atoms with Crippen LogP contribution in [0.4, 0.5) is 4.79 Å². The number of piperidine rings is 1. The summed E-state index contributed by atoms with van der Waals surface area (Å²) in [7, 11) is 3.77. The number of hydrogen-bond acceptors (Lipinski definition) is 4. The van der Waals surface area contributed by atoms with Gasteiger partial charge >= 0.3 is 6.03 Å². The fourth-order valence-corrected chi connectivity index (χ4v) is 3.67. The van der Waals surface area contributed by atoms with Gasteiger partial charge in [0, 0.05) is 36.0 Å². The Balaban J connectivity index is 1.92. The van der Waals surface area contributed by atoms with E-state index in [1.807, 2.05) is 4.90 Å². The SMILES string of the molecule is COCCN(Cc1ccc(C)s1)C(=O)N[C@@H]1CCCN(C)C1. The van der Waals surface area contributed by atoms with Crippen molar-refractivity contribution >= 4 is 17.4 Å². The van der Waals surface area contributed by atoms with Gasteiger partial charge in [0.1, 0.15) is 0 Å². The van der Waals surface area contributed by atoms with Crippen molar-refractivity contribution in [2.75, 3.05) is 40.4 Å². The Labute approximate surface area is 137 Å². The highest BCUT2D eigenvalue weighted by Gasteiger charge is 2.22. The third kappa shape index (κ3) is 5.26. The second-order valence-electron chi connectivity index (χ2n) is 5.98. The van der Waals surface area contributed by atoms with Crippen LogP contribution >= 0.6 is 11.3 Å². The van der Waals surface area contributed by atoms with Gasteiger partial charge in [-0.25, -0.2) is 4.79 Å². The summed E-state index contributed by atoms with van der Waals surface area (Å²) in [6, 6.07) is 4.47. The normalized spacial score (nSPS) is 19.1. The van der Waals surface area contributed by atoms with Crippen molar-refractivity contribution in [2.24, 2.45) is 0 Å². The molecule has 0 spiro atoms. The van der Waals surface area contributed by atoms with Gasteiger partial charge in [-0.2, -0.15) is 0 Å². The molecule has 1 aliphatic heterocycles. The highest BCUT2D eigenvalue weighted by Crippen LogP contribution is 2.17. The van der Waals surface area contributed by atoms with Gasteiger partial charge in [-0.15, -0.1) is 11.3 Å². The van der Waals surface area contributed by atoms with Crippen molar-refractivity contribution < 1.29 is 9.53 Å². The summed E-state index contributed by atoms with van der Waals surface area (Å²) >= 11 is 1.74. The third-order valence-electron chi connectivity index (χ3n) is 3.95. The van der Waals surface area contributed by atoms with Crippen LogP contribution in [-0.2, 0) is 11.3 Å². The molecule has 124 valence electrons. The van der Waals surface area contributed by atoms with Crippen LogP contribution < -0.4 is 5.32 Å². The van der Waals surface area contributed by atoms with Crippen LogP contribution in [0.2, 0.25) is 0 Å². The number of nitrogens with zero attached hydrogens (tertiary/aromatic N) is 2. The molecule has 6 heteroatoms. The van der Waals surface area contributed by atoms with Crippen LogP contribution in [0.25, 0.3) is 0 Å². The van der Waals surface area contributed by atoms with E-state index in [9.17, 15) is 4.79 Å². The molecule has 1 aliphatic rings. The van der Waals surface area contributed by atoms with E-state index in [-0.39, 0.29) is 12.1 Å². The topological polar surface area (TPSA) is 44.8 Å². The Morgan fingerprint density at radius 3 is 3.00 bits per heavy atom. The fraction of sp³-hybridized carbons (Fsp3) is 0.688. The Morgan fingerprint density at radius 1 is 1.55 bits per heavy atom. The average molecular weight is 325 g/mol. The average Bonchev–Trinajstić information content (AvgIpc) is 2.88. The van der Waals surface area contributed by atoms with E-state index in [0.29, 0.717) is 19.7 Å². The molecule has 0 unspecified atom stereocenters. The summed E-state index contributed by atoms with van der Waals surface area (Å²) in [5.74, 6) is 0. The Bertz CT molecular complexity index is 478. The number of carbonyl (C=O) groups excluding carboxylic acids is 1. The second-order valence-corrected chi connectivity index (χ2v) is 7.35. The number of methoxy groups -OCH3 is 1. The number of amides is 2. The standard InChI is InChI=1S/C16H27N3O2S/c1-13-6-7-15(22-13)12-19(9-10-21-3)16(20)17-14-5-4-8-18(2)11-14/h6-7,14H,4-5,8-12H2,1-3H3,(H,17,20)/t14-/m1/s1. The van der Waals surface area contributed by atoms with Crippen molar-refractivity contribution in [3.63, 3.8) is 0 Å². The molecule has 22 heavy (non-hydrogen) atoms.